The Labute approximate surface area is 170 Å². The summed E-state index contributed by atoms with van der Waals surface area (Å²) in [5, 5.41) is 11.4. The number of nitrogens with zero attached hydrogens (tertiary/aromatic N) is 3. The van der Waals surface area contributed by atoms with E-state index in [0.717, 1.165) is 47.6 Å². The lowest BCUT2D eigenvalue weighted by molar-refractivity contribution is 0.376. The summed E-state index contributed by atoms with van der Waals surface area (Å²) in [6.45, 7) is 4.38. The topological polar surface area (TPSA) is 65.7 Å². The fourth-order valence-corrected chi connectivity index (χ4v) is 3.03. The van der Waals surface area contributed by atoms with Gasteiger partial charge in [0.2, 0.25) is 0 Å². The Bertz CT molecular complexity index is 721. The molecule has 1 aromatic carbocycles. The molecule has 0 radical (unpaired) electrons. The molecule has 1 aliphatic heterocycles. The minimum atomic E-state index is 0. The first-order chi connectivity index (χ1) is 11.6. The van der Waals surface area contributed by atoms with Crippen LogP contribution in [0, 0.1) is 6.92 Å². The molecule has 136 valence electrons. The zero-order valence-corrected chi connectivity index (χ0v) is 17.4. The van der Waals surface area contributed by atoms with Crippen molar-refractivity contribution in [2.24, 2.45) is 4.99 Å². The van der Waals surface area contributed by atoms with Crippen LogP contribution in [-0.2, 0) is 6.54 Å². The highest BCUT2D eigenvalue weighted by molar-refractivity contribution is 14.0. The van der Waals surface area contributed by atoms with Crippen LogP contribution in [0.3, 0.4) is 0 Å². The van der Waals surface area contributed by atoms with Crippen LogP contribution in [0.15, 0.2) is 39.8 Å². The molecule has 0 bridgehead atoms. The molecule has 1 aliphatic rings. The highest BCUT2D eigenvalue weighted by atomic mass is 127. The molecule has 0 amide bonds. The van der Waals surface area contributed by atoms with Gasteiger partial charge in [0, 0.05) is 43.0 Å². The van der Waals surface area contributed by atoms with Gasteiger partial charge in [0.05, 0.1) is 12.2 Å². The SMILES string of the molecule is CN=C(NCc1cc(C)no1)NC1CCN(c2cccc(Cl)c2)C1.I. The van der Waals surface area contributed by atoms with Gasteiger partial charge in [0.15, 0.2) is 11.7 Å². The van der Waals surface area contributed by atoms with Gasteiger partial charge in [0.1, 0.15) is 0 Å². The van der Waals surface area contributed by atoms with Crippen molar-refractivity contribution >= 4 is 47.2 Å². The number of aliphatic imine (C=N–C) groups is 1. The Hall–Kier alpha value is -1.48. The van der Waals surface area contributed by atoms with E-state index in [9.17, 15) is 0 Å². The lowest BCUT2D eigenvalue weighted by atomic mass is 10.2. The molecule has 1 aromatic heterocycles. The molecular formula is C17H23ClIN5O. The van der Waals surface area contributed by atoms with E-state index in [1.807, 2.05) is 31.2 Å². The quantitative estimate of drug-likeness (QED) is 0.404. The largest absolute Gasteiger partial charge is 0.369 e. The zero-order chi connectivity index (χ0) is 16.9. The van der Waals surface area contributed by atoms with Gasteiger partial charge in [-0.25, -0.2) is 0 Å². The molecular weight excluding hydrogens is 453 g/mol. The Balaban J connectivity index is 0.00000225. The van der Waals surface area contributed by atoms with Crippen molar-refractivity contribution in [2.75, 3.05) is 25.0 Å². The lowest BCUT2D eigenvalue weighted by Crippen LogP contribution is -2.44. The average molecular weight is 476 g/mol. The minimum Gasteiger partial charge on any atom is -0.369 e. The molecule has 25 heavy (non-hydrogen) atoms. The van der Waals surface area contributed by atoms with E-state index in [1.54, 1.807) is 7.05 Å². The number of aryl methyl sites for hydroxylation is 1. The van der Waals surface area contributed by atoms with E-state index < -0.39 is 0 Å². The molecule has 0 spiro atoms. The maximum atomic E-state index is 6.08. The summed E-state index contributed by atoms with van der Waals surface area (Å²) in [7, 11) is 1.77. The van der Waals surface area contributed by atoms with E-state index in [1.165, 1.54) is 0 Å². The van der Waals surface area contributed by atoms with Gasteiger partial charge in [-0.1, -0.05) is 22.8 Å². The molecule has 1 unspecified atom stereocenters. The van der Waals surface area contributed by atoms with Crippen molar-refractivity contribution in [3.8, 4) is 0 Å². The molecule has 2 aromatic rings. The number of aromatic nitrogens is 1. The van der Waals surface area contributed by atoms with Gasteiger partial charge >= 0.3 is 0 Å². The summed E-state index contributed by atoms with van der Waals surface area (Å²) in [6, 6.07) is 10.2. The van der Waals surface area contributed by atoms with Crippen LogP contribution in [0.25, 0.3) is 0 Å². The standard InChI is InChI=1S/C17H22ClN5O.HI/c1-12-8-16(24-22-12)10-20-17(19-2)21-14-6-7-23(11-14)15-5-3-4-13(18)9-15;/h3-5,8-9,14H,6-7,10-11H2,1-2H3,(H2,19,20,21);1H. The van der Waals surface area contributed by atoms with Gasteiger partial charge in [0.25, 0.3) is 0 Å². The summed E-state index contributed by atoms with van der Waals surface area (Å²) in [5.74, 6) is 1.56. The first-order valence-corrected chi connectivity index (χ1v) is 8.42. The molecule has 3 rings (SSSR count). The van der Waals surface area contributed by atoms with E-state index in [4.69, 9.17) is 16.1 Å². The highest BCUT2D eigenvalue weighted by Gasteiger charge is 2.23. The monoisotopic (exact) mass is 475 g/mol. The van der Waals surface area contributed by atoms with Crippen molar-refractivity contribution in [2.45, 2.75) is 25.9 Å². The number of guanidine groups is 1. The first-order valence-electron chi connectivity index (χ1n) is 8.04. The van der Waals surface area contributed by atoms with Crippen LogP contribution in [0.5, 0.6) is 0 Å². The summed E-state index contributed by atoms with van der Waals surface area (Å²) >= 11 is 6.08. The average Bonchev–Trinajstić information content (AvgIpc) is 3.20. The third kappa shape index (κ3) is 5.50. The predicted molar refractivity (Wildman–Crippen MR) is 112 cm³/mol. The number of halogens is 2. The van der Waals surface area contributed by atoms with Crippen molar-refractivity contribution < 1.29 is 4.52 Å². The Kier molecular flexibility index (Phi) is 7.37. The fraction of sp³-hybridized carbons (Fsp3) is 0.412. The minimum absolute atomic E-state index is 0. The van der Waals surface area contributed by atoms with Gasteiger partial charge in [-0.3, -0.25) is 4.99 Å². The molecule has 0 aliphatic carbocycles. The van der Waals surface area contributed by atoms with Crippen LogP contribution in [-0.4, -0.2) is 37.3 Å². The third-order valence-corrected chi connectivity index (χ3v) is 4.27. The molecule has 2 heterocycles. The zero-order valence-electron chi connectivity index (χ0n) is 14.3. The molecule has 2 N–H and O–H groups in total. The van der Waals surface area contributed by atoms with Crippen LogP contribution < -0.4 is 15.5 Å². The smallest absolute Gasteiger partial charge is 0.191 e. The normalized spacial score (nSPS) is 17.3. The predicted octanol–water partition coefficient (Wildman–Crippen LogP) is 3.20. The molecule has 6 nitrogen and oxygen atoms in total. The fourth-order valence-electron chi connectivity index (χ4n) is 2.84. The summed E-state index contributed by atoms with van der Waals surface area (Å²) in [4.78, 5) is 6.61. The Morgan fingerprint density at radius 1 is 1.44 bits per heavy atom. The van der Waals surface area contributed by atoms with Gasteiger partial charge < -0.3 is 20.1 Å². The van der Waals surface area contributed by atoms with E-state index in [0.29, 0.717) is 12.6 Å². The van der Waals surface area contributed by atoms with Crippen molar-refractivity contribution in [1.82, 2.24) is 15.8 Å². The van der Waals surface area contributed by atoms with E-state index in [2.05, 4.69) is 31.7 Å². The summed E-state index contributed by atoms with van der Waals surface area (Å²) < 4.78 is 5.20. The molecule has 1 fully saturated rings. The van der Waals surface area contributed by atoms with Gasteiger partial charge in [-0.05, 0) is 31.5 Å². The van der Waals surface area contributed by atoms with Crippen LogP contribution >= 0.6 is 35.6 Å². The lowest BCUT2D eigenvalue weighted by Gasteiger charge is -2.20. The summed E-state index contributed by atoms with van der Waals surface area (Å²) in [5.41, 5.74) is 2.04. The maximum Gasteiger partial charge on any atom is 0.191 e. The Morgan fingerprint density at radius 2 is 2.28 bits per heavy atom. The number of hydrogen-bond donors (Lipinski definition) is 2. The van der Waals surface area contributed by atoms with Crippen molar-refractivity contribution in [3.05, 3.63) is 46.8 Å². The van der Waals surface area contributed by atoms with Crippen LogP contribution in [0.4, 0.5) is 5.69 Å². The Morgan fingerprint density at radius 3 is 2.96 bits per heavy atom. The van der Waals surface area contributed by atoms with Gasteiger partial charge in [-0.2, -0.15) is 0 Å². The second kappa shape index (κ2) is 9.28. The van der Waals surface area contributed by atoms with Crippen LogP contribution in [0.2, 0.25) is 5.02 Å². The number of nitrogens with one attached hydrogen (secondary N) is 2. The number of anilines is 1. The number of benzene rings is 1. The number of rotatable bonds is 4. The second-order valence-electron chi connectivity index (χ2n) is 5.92. The maximum absolute atomic E-state index is 6.08. The summed E-state index contributed by atoms with van der Waals surface area (Å²) in [6.07, 6.45) is 1.05. The van der Waals surface area contributed by atoms with Crippen molar-refractivity contribution in [3.63, 3.8) is 0 Å². The molecule has 8 heteroatoms. The van der Waals surface area contributed by atoms with E-state index in [-0.39, 0.29) is 24.0 Å². The molecule has 1 atom stereocenters. The van der Waals surface area contributed by atoms with E-state index >= 15 is 0 Å². The first kappa shape index (κ1) is 19.8. The second-order valence-corrected chi connectivity index (χ2v) is 6.35. The molecule has 1 saturated heterocycles. The molecule has 0 saturated carbocycles. The van der Waals surface area contributed by atoms with Crippen molar-refractivity contribution in [1.29, 1.82) is 0 Å². The van der Waals surface area contributed by atoms with Gasteiger partial charge in [-0.15, -0.1) is 24.0 Å². The third-order valence-electron chi connectivity index (χ3n) is 4.03. The highest BCUT2D eigenvalue weighted by Crippen LogP contribution is 2.23. The number of hydrogen-bond acceptors (Lipinski definition) is 4. The van der Waals surface area contributed by atoms with Crippen LogP contribution in [0.1, 0.15) is 17.9 Å².